The number of primary amides is 1. The summed E-state index contributed by atoms with van der Waals surface area (Å²) in [6.45, 7) is 9.58. The van der Waals surface area contributed by atoms with Gasteiger partial charge in [-0.05, 0) is 91.1 Å². The number of piperazine rings is 1. The number of halogens is 1. The normalized spacial score (nSPS) is 19.0. The number of carbonyl (C=O) groups is 1. The van der Waals surface area contributed by atoms with Gasteiger partial charge in [-0.1, -0.05) is 50.1 Å². The lowest BCUT2D eigenvalue weighted by molar-refractivity contribution is -0.386. The summed E-state index contributed by atoms with van der Waals surface area (Å²) in [4.78, 5) is 34.3. The van der Waals surface area contributed by atoms with Gasteiger partial charge in [0.15, 0.2) is 11.4 Å². The molecular weight excluding hydrogens is 832 g/mol. The third kappa shape index (κ3) is 8.82. The number of hydrogen-bond acceptors (Lipinski definition) is 10. The molecule has 1 amide bonds. The van der Waals surface area contributed by atoms with E-state index in [0.29, 0.717) is 55.0 Å². The van der Waals surface area contributed by atoms with Gasteiger partial charge in [-0.25, -0.2) is 4.98 Å². The number of ether oxygens (including phenoxy) is 3. The SMILES string of the molecule is CC1(C)CCC(CN2CC[N+](c3ccc(C(N)=O)c(Oc4cnc5[nH]ccc5c4)c3)(S(=O)(=O)c3ccc(OCC4(C)CCOCC4)c([N+](=O)[O-])c3)CC2)=C(c2ccc(Cl)cc2)C1. The molecule has 1 aliphatic carbocycles. The van der Waals surface area contributed by atoms with Crippen LogP contribution in [0.2, 0.25) is 5.02 Å². The summed E-state index contributed by atoms with van der Waals surface area (Å²) in [5.74, 6) is -0.395. The van der Waals surface area contributed by atoms with Gasteiger partial charge in [-0.3, -0.25) is 19.8 Å². The molecule has 8 rings (SSSR count). The van der Waals surface area contributed by atoms with Crippen LogP contribution in [0.3, 0.4) is 0 Å². The Balaban J connectivity index is 1.17. The van der Waals surface area contributed by atoms with E-state index < -0.39 is 30.4 Å². The van der Waals surface area contributed by atoms with Gasteiger partial charge in [0.2, 0.25) is 0 Å². The van der Waals surface area contributed by atoms with Crippen molar-refractivity contribution >= 4 is 55.5 Å². The number of rotatable bonds is 13. The van der Waals surface area contributed by atoms with E-state index in [0.717, 1.165) is 49.1 Å². The van der Waals surface area contributed by atoms with Crippen LogP contribution in [0.5, 0.6) is 17.2 Å². The second-order valence-corrected chi connectivity index (χ2v) is 20.4. The first-order chi connectivity index (χ1) is 29.5. The second-order valence-electron chi connectivity index (χ2n) is 17.8. The first-order valence-electron chi connectivity index (χ1n) is 20.9. The van der Waals surface area contributed by atoms with Gasteiger partial charge in [-0.2, -0.15) is 12.3 Å². The van der Waals surface area contributed by atoms with Crippen LogP contribution in [-0.4, -0.2) is 86.7 Å². The summed E-state index contributed by atoms with van der Waals surface area (Å²) in [6, 6.07) is 20.0. The van der Waals surface area contributed by atoms with E-state index in [1.807, 2.05) is 18.2 Å². The van der Waals surface area contributed by atoms with E-state index in [1.54, 1.807) is 24.4 Å². The molecule has 14 nitrogen and oxygen atoms in total. The van der Waals surface area contributed by atoms with Crippen molar-refractivity contribution in [1.82, 2.24) is 18.8 Å². The van der Waals surface area contributed by atoms with Crippen LogP contribution >= 0.6 is 11.6 Å². The molecule has 3 aromatic carbocycles. The predicted octanol–water partition coefficient (Wildman–Crippen LogP) is 8.89. The van der Waals surface area contributed by atoms with Gasteiger partial charge >= 0.3 is 15.7 Å². The molecule has 2 aromatic heterocycles. The molecule has 0 bridgehead atoms. The molecule has 0 unspecified atom stereocenters. The number of aromatic nitrogens is 2. The first-order valence-corrected chi connectivity index (χ1v) is 22.7. The standard InChI is InChI=1S/C46H51ClN6O8S/c1-45(2)14-12-33(39(27-45)31-4-6-34(47)7-5-31)29-51-18-20-53(21-19-51,35-8-10-38(43(48)54)42(25-35)61-36-24-32-13-17-49-44(32)50-28-36)62(57,58)37-9-11-41(40(26-37)52(55)56)60-30-46(3)15-22-59-23-16-46/h4-11,13,17,24-26,28H,12,14-16,18-23,27,29-30H2,1-3H3,(H2-,48,49,50,54)/p+1. The van der Waals surface area contributed by atoms with Crippen molar-refractivity contribution in [1.29, 1.82) is 0 Å². The Morgan fingerprint density at radius 1 is 1.00 bits per heavy atom. The summed E-state index contributed by atoms with van der Waals surface area (Å²) in [5.41, 5.74) is 10.0. The van der Waals surface area contributed by atoms with Crippen molar-refractivity contribution in [3.63, 3.8) is 0 Å². The third-order valence-electron chi connectivity index (χ3n) is 12.8. The molecule has 326 valence electrons. The number of nitro groups is 1. The summed E-state index contributed by atoms with van der Waals surface area (Å²) >= 11 is 6.27. The number of aromatic amines is 1. The maximum atomic E-state index is 15.4. The number of benzene rings is 3. The van der Waals surface area contributed by atoms with E-state index in [9.17, 15) is 14.9 Å². The van der Waals surface area contributed by atoms with Gasteiger partial charge in [0.25, 0.3) is 5.91 Å². The summed E-state index contributed by atoms with van der Waals surface area (Å²) < 4.78 is 48.0. The van der Waals surface area contributed by atoms with E-state index in [4.69, 9.17) is 31.5 Å². The van der Waals surface area contributed by atoms with Gasteiger partial charge in [0.05, 0.1) is 23.3 Å². The Morgan fingerprint density at radius 2 is 1.74 bits per heavy atom. The molecule has 4 heterocycles. The highest BCUT2D eigenvalue weighted by molar-refractivity contribution is 7.91. The Hall–Kier alpha value is -5.32. The number of amides is 1. The minimum Gasteiger partial charge on any atom is -0.486 e. The minimum absolute atomic E-state index is 0.00652. The molecule has 2 aliphatic heterocycles. The molecule has 3 N–H and O–H groups in total. The lowest BCUT2D eigenvalue weighted by Gasteiger charge is -2.43. The van der Waals surface area contributed by atoms with Crippen LogP contribution in [0.1, 0.15) is 68.8 Å². The monoisotopic (exact) mass is 883 g/mol. The van der Waals surface area contributed by atoms with Crippen molar-refractivity contribution in [3.05, 3.63) is 117 Å². The number of nitrogens with one attached hydrogen (secondary N) is 1. The highest BCUT2D eigenvalue weighted by Crippen LogP contribution is 2.45. The van der Waals surface area contributed by atoms with Crippen LogP contribution in [0.25, 0.3) is 16.6 Å². The molecule has 2 saturated heterocycles. The number of quaternary nitrogens is 1. The lowest BCUT2D eigenvalue weighted by Crippen LogP contribution is -2.63. The number of pyridine rings is 1. The topological polar surface area (TPSA) is 180 Å². The fourth-order valence-electron chi connectivity index (χ4n) is 8.90. The first kappa shape index (κ1) is 43.3. The molecule has 3 aliphatic rings. The van der Waals surface area contributed by atoms with E-state index >= 15 is 8.42 Å². The average Bonchev–Trinajstić information content (AvgIpc) is 3.72. The molecule has 0 radical (unpaired) electrons. The zero-order chi connectivity index (χ0) is 43.9. The maximum Gasteiger partial charge on any atom is 0.332 e. The molecule has 5 aromatic rings. The predicted molar refractivity (Wildman–Crippen MR) is 239 cm³/mol. The van der Waals surface area contributed by atoms with Crippen molar-refractivity contribution in [2.75, 3.05) is 52.5 Å². The van der Waals surface area contributed by atoms with E-state index in [-0.39, 0.29) is 52.5 Å². The van der Waals surface area contributed by atoms with E-state index in [1.165, 1.54) is 35.5 Å². The van der Waals surface area contributed by atoms with Gasteiger partial charge < -0.3 is 24.9 Å². The highest BCUT2D eigenvalue weighted by atomic mass is 35.5. The molecule has 16 heteroatoms. The number of fused-ring (bicyclic) bond motifs is 1. The minimum atomic E-state index is -4.45. The Bertz CT molecular complexity index is 2650. The van der Waals surface area contributed by atoms with Gasteiger partial charge in [0, 0.05) is 73.1 Å². The number of nitro benzene ring substituents is 1. The second kappa shape index (κ2) is 17.1. The molecule has 0 atom stereocenters. The Labute approximate surface area is 366 Å². The Kier molecular flexibility index (Phi) is 11.9. The molecular formula is C46H52ClN6O8S+. The van der Waals surface area contributed by atoms with Crippen molar-refractivity contribution in [2.45, 2.75) is 57.8 Å². The van der Waals surface area contributed by atoms with Crippen LogP contribution in [0.15, 0.2) is 95.7 Å². The Morgan fingerprint density at radius 3 is 2.45 bits per heavy atom. The van der Waals surface area contributed by atoms with Crippen LogP contribution in [0.4, 0.5) is 11.4 Å². The lowest BCUT2D eigenvalue weighted by atomic mass is 9.72. The smallest absolute Gasteiger partial charge is 0.332 e. The number of nitrogens with zero attached hydrogens (tertiary/aromatic N) is 4. The summed E-state index contributed by atoms with van der Waals surface area (Å²) in [5, 5.41) is 14.0. The number of carbonyl (C=O) groups excluding carboxylic acids is 1. The third-order valence-corrected chi connectivity index (χ3v) is 15.4. The molecule has 62 heavy (non-hydrogen) atoms. The largest absolute Gasteiger partial charge is 0.486 e. The van der Waals surface area contributed by atoms with Crippen molar-refractivity contribution in [2.24, 2.45) is 16.6 Å². The van der Waals surface area contributed by atoms with E-state index in [2.05, 4.69) is 47.8 Å². The fraction of sp³-hybridized carbons (Fsp3) is 0.391. The van der Waals surface area contributed by atoms with Crippen LogP contribution < -0.4 is 19.1 Å². The fourth-order valence-corrected chi connectivity index (χ4v) is 11.0. The van der Waals surface area contributed by atoms with Gasteiger partial charge in [-0.15, -0.1) is 0 Å². The number of H-pyrrole nitrogens is 1. The summed E-state index contributed by atoms with van der Waals surface area (Å²) in [6.07, 6.45) is 7.55. The molecule has 0 saturated carbocycles. The average molecular weight is 884 g/mol. The van der Waals surface area contributed by atoms with Crippen LogP contribution in [-0.2, 0) is 14.8 Å². The summed E-state index contributed by atoms with van der Waals surface area (Å²) in [7, 11) is -4.45. The number of allylic oxidation sites excluding steroid dienone is 1. The number of nitrogens with two attached hydrogens (primary N) is 1. The molecule has 0 spiro atoms. The van der Waals surface area contributed by atoms with Gasteiger partial charge in [0.1, 0.15) is 35.1 Å². The molecule has 2 fully saturated rings. The number of hydrogen-bond donors (Lipinski definition) is 2. The maximum absolute atomic E-state index is 15.4. The zero-order valence-corrected chi connectivity index (χ0v) is 36.8. The zero-order valence-electron chi connectivity index (χ0n) is 35.2. The quantitative estimate of drug-likeness (QED) is 0.0659. The number of sulfonamides is 1. The highest BCUT2D eigenvalue weighted by Gasteiger charge is 2.49. The van der Waals surface area contributed by atoms with Crippen LogP contribution in [0, 0.1) is 20.9 Å². The van der Waals surface area contributed by atoms with Crippen molar-refractivity contribution in [3.8, 4) is 17.2 Å². The van der Waals surface area contributed by atoms with Crippen molar-refractivity contribution < 1.29 is 32.3 Å².